The number of para-hydroxylation sites is 1. The van der Waals surface area contributed by atoms with Crippen molar-refractivity contribution < 1.29 is 0 Å². The van der Waals surface area contributed by atoms with E-state index in [0.29, 0.717) is 0 Å². The van der Waals surface area contributed by atoms with Gasteiger partial charge in [0.05, 0.1) is 5.52 Å². The summed E-state index contributed by atoms with van der Waals surface area (Å²) in [5.41, 5.74) is 15.3. The molecule has 1 aromatic heterocycles. The van der Waals surface area contributed by atoms with Crippen LogP contribution >= 0.6 is 0 Å². The van der Waals surface area contributed by atoms with Crippen molar-refractivity contribution in [1.82, 2.24) is 4.57 Å². The van der Waals surface area contributed by atoms with Crippen LogP contribution in [0.4, 0.5) is 17.1 Å². The van der Waals surface area contributed by atoms with E-state index in [1.165, 1.54) is 55.4 Å². The van der Waals surface area contributed by atoms with Crippen molar-refractivity contribution in [2.24, 2.45) is 0 Å². The minimum Gasteiger partial charge on any atom is -0.317 e. The zero-order valence-corrected chi connectivity index (χ0v) is 28.7. The van der Waals surface area contributed by atoms with Crippen LogP contribution in [0.3, 0.4) is 0 Å². The molecule has 0 fully saturated rings. The van der Waals surface area contributed by atoms with Gasteiger partial charge in [0.15, 0.2) is 0 Å². The number of benzene rings is 8. The Morgan fingerprint density at radius 2 is 0.596 bits per heavy atom. The van der Waals surface area contributed by atoms with Crippen LogP contribution in [0.25, 0.3) is 61.1 Å². The van der Waals surface area contributed by atoms with Crippen molar-refractivity contribution in [1.29, 1.82) is 0 Å². The number of fused-ring (bicyclic) bond motifs is 1. The lowest BCUT2D eigenvalue weighted by Gasteiger charge is -2.26. The molecule has 0 aliphatic rings. The van der Waals surface area contributed by atoms with Crippen molar-refractivity contribution in [3.63, 3.8) is 0 Å². The topological polar surface area (TPSA) is 8.17 Å². The average molecular weight is 665 g/mol. The van der Waals surface area contributed by atoms with E-state index in [1.54, 1.807) is 0 Å². The predicted octanol–water partition coefficient (Wildman–Crippen LogP) is 13.8. The maximum atomic E-state index is 2.33. The minimum atomic E-state index is 1.11. The molecule has 0 bridgehead atoms. The first-order valence-electron chi connectivity index (χ1n) is 17.8. The van der Waals surface area contributed by atoms with Crippen molar-refractivity contribution in [2.75, 3.05) is 4.90 Å². The lowest BCUT2D eigenvalue weighted by molar-refractivity contribution is 1.13. The van der Waals surface area contributed by atoms with Crippen LogP contribution in [0.5, 0.6) is 0 Å². The number of hydrogen-bond donors (Lipinski definition) is 0. The third kappa shape index (κ3) is 6.19. The molecule has 2 heteroatoms. The summed E-state index contributed by atoms with van der Waals surface area (Å²) >= 11 is 0. The van der Waals surface area contributed by atoms with Gasteiger partial charge in [0, 0.05) is 28.9 Å². The molecule has 0 aliphatic carbocycles. The van der Waals surface area contributed by atoms with Crippen molar-refractivity contribution in [2.45, 2.75) is 0 Å². The van der Waals surface area contributed by atoms with Gasteiger partial charge in [0.2, 0.25) is 0 Å². The predicted molar refractivity (Wildman–Crippen MR) is 220 cm³/mol. The normalized spacial score (nSPS) is 11.1. The summed E-state index contributed by atoms with van der Waals surface area (Å²) in [5.74, 6) is 0. The molecular formula is C50H36N2. The Morgan fingerprint density at radius 1 is 0.269 bits per heavy atom. The number of nitrogens with zero attached hydrogens (tertiary/aromatic N) is 2. The largest absolute Gasteiger partial charge is 0.317 e. The molecule has 0 spiro atoms. The molecule has 2 nitrogen and oxygen atoms in total. The van der Waals surface area contributed by atoms with E-state index in [2.05, 4.69) is 228 Å². The monoisotopic (exact) mass is 664 g/mol. The standard InChI is InChI=1S/C50H36N2/c1-3-9-37(10-4-1)41-21-29-47(30-22-41)52(48-31-23-42(24-32-48)38-11-5-2-6-12-38)49-33-25-44(26-34-49)40-17-15-39(16-18-40)43-19-27-46(28-20-43)51-36-35-45-13-7-8-14-50(45)51/h1-36H. The summed E-state index contributed by atoms with van der Waals surface area (Å²) in [6.07, 6.45) is 2.14. The molecular weight excluding hydrogens is 629 g/mol. The Morgan fingerprint density at radius 3 is 1.02 bits per heavy atom. The van der Waals surface area contributed by atoms with Crippen LogP contribution < -0.4 is 4.90 Å². The van der Waals surface area contributed by atoms with E-state index >= 15 is 0 Å². The summed E-state index contributed by atoms with van der Waals surface area (Å²) in [4.78, 5) is 2.33. The summed E-state index contributed by atoms with van der Waals surface area (Å²) in [6, 6.07) is 76.0. The van der Waals surface area contributed by atoms with Crippen LogP contribution in [-0.2, 0) is 0 Å². The summed E-state index contributed by atoms with van der Waals surface area (Å²) in [6.45, 7) is 0. The third-order valence-electron chi connectivity index (χ3n) is 9.89. The zero-order chi connectivity index (χ0) is 34.7. The van der Waals surface area contributed by atoms with Crippen LogP contribution in [-0.4, -0.2) is 4.57 Å². The van der Waals surface area contributed by atoms with Gasteiger partial charge in [-0.05, 0) is 111 Å². The van der Waals surface area contributed by atoms with E-state index in [-0.39, 0.29) is 0 Å². The van der Waals surface area contributed by atoms with E-state index < -0.39 is 0 Å². The van der Waals surface area contributed by atoms with E-state index in [1.807, 2.05) is 0 Å². The Hall–Kier alpha value is -6.90. The average Bonchev–Trinajstić information content (AvgIpc) is 3.67. The Kier molecular flexibility index (Phi) is 8.24. The molecule has 0 radical (unpaired) electrons. The minimum absolute atomic E-state index is 1.11. The van der Waals surface area contributed by atoms with E-state index in [0.717, 1.165) is 22.7 Å². The molecule has 0 saturated carbocycles. The molecule has 0 saturated heterocycles. The van der Waals surface area contributed by atoms with Gasteiger partial charge in [-0.15, -0.1) is 0 Å². The first-order valence-corrected chi connectivity index (χ1v) is 17.8. The molecule has 1 heterocycles. The Labute approximate surface area is 305 Å². The molecule has 0 aliphatic heterocycles. The lowest BCUT2D eigenvalue weighted by atomic mass is 9.99. The number of rotatable bonds is 8. The summed E-state index contributed by atoms with van der Waals surface area (Å²) in [7, 11) is 0. The van der Waals surface area contributed by atoms with Gasteiger partial charge in [-0.25, -0.2) is 0 Å². The number of hydrogen-bond acceptors (Lipinski definition) is 1. The fraction of sp³-hybridized carbons (Fsp3) is 0. The van der Waals surface area contributed by atoms with Crippen LogP contribution in [0.1, 0.15) is 0 Å². The van der Waals surface area contributed by atoms with Crippen molar-refractivity contribution in [3.05, 3.63) is 219 Å². The number of aromatic nitrogens is 1. The lowest BCUT2D eigenvalue weighted by Crippen LogP contribution is -2.09. The molecule has 246 valence electrons. The molecule has 0 amide bonds. The van der Waals surface area contributed by atoms with Gasteiger partial charge in [-0.3, -0.25) is 0 Å². The van der Waals surface area contributed by atoms with Crippen molar-refractivity contribution in [3.8, 4) is 50.2 Å². The van der Waals surface area contributed by atoms with Gasteiger partial charge in [0.1, 0.15) is 0 Å². The fourth-order valence-corrected chi connectivity index (χ4v) is 7.10. The highest BCUT2D eigenvalue weighted by molar-refractivity contribution is 5.83. The molecule has 0 atom stereocenters. The molecule has 9 rings (SSSR count). The maximum Gasteiger partial charge on any atom is 0.0528 e. The highest BCUT2D eigenvalue weighted by Gasteiger charge is 2.14. The highest BCUT2D eigenvalue weighted by atomic mass is 15.1. The van der Waals surface area contributed by atoms with E-state index in [9.17, 15) is 0 Å². The second kappa shape index (κ2) is 13.8. The molecule has 8 aromatic carbocycles. The van der Waals surface area contributed by atoms with Crippen LogP contribution in [0.15, 0.2) is 219 Å². The summed E-state index contributed by atoms with van der Waals surface area (Å²) < 4.78 is 2.24. The molecule has 52 heavy (non-hydrogen) atoms. The summed E-state index contributed by atoms with van der Waals surface area (Å²) in [5, 5.41) is 1.25. The molecule has 9 aromatic rings. The van der Waals surface area contributed by atoms with Gasteiger partial charge < -0.3 is 9.47 Å². The Balaban J connectivity index is 0.984. The SMILES string of the molecule is c1ccc(-c2ccc(N(c3ccc(-c4ccccc4)cc3)c3ccc(-c4ccc(-c5ccc(-n6ccc7ccccc76)cc5)cc4)cc3)cc2)cc1. The number of anilines is 3. The van der Waals surface area contributed by atoms with Crippen LogP contribution in [0.2, 0.25) is 0 Å². The van der Waals surface area contributed by atoms with Gasteiger partial charge in [0.25, 0.3) is 0 Å². The molecule has 0 N–H and O–H groups in total. The van der Waals surface area contributed by atoms with Gasteiger partial charge >= 0.3 is 0 Å². The van der Waals surface area contributed by atoms with Gasteiger partial charge in [-0.2, -0.15) is 0 Å². The van der Waals surface area contributed by atoms with E-state index in [4.69, 9.17) is 0 Å². The first kappa shape index (κ1) is 31.1. The first-order chi connectivity index (χ1) is 25.8. The van der Waals surface area contributed by atoms with Crippen LogP contribution in [0, 0.1) is 0 Å². The fourth-order valence-electron chi connectivity index (χ4n) is 7.10. The smallest absolute Gasteiger partial charge is 0.0528 e. The quantitative estimate of drug-likeness (QED) is 0.157. The Bertz CT molecular complexity index is 2470. The zero-order valence-electron chi connectivity index (χ0n) is 28.7. The van der Waals surface area contributed by atoms with Crippen molar-refractivity contribution >= 4 is 28.0 Å². The second-order valence-electron chi connectivity index (χ2n) is 13.1. The van der Waals surface area contributed by atoms with Gasteiger partial charge in [-0.1, -0.05) is 152 Å². The third-order valence-corrected chi connectivity index (χ3v) is 9.89. The maximum absolute atomic E-state index is 2.33. The molecule has 0 unspecified atom stereocenters. The second-order valence-corrected chi connectivity index (χ2v) is 13.1. The highest BCUT2D eigenvalue weighted by Crippen LogP contribution is 2.38.